The third kappa shape index (κ3) is 2.15. The van der Waals surface area contributed by atoms with Gasteiger partial charge in [-0.2, -0.15) is 0 Å². The first-order chi connectivity index (χ1) is 9.56. The van der Waals surface area contributed by atoms with Crippen LogP contribution in [0.2, 0.25) is 0 Å². The van der Waals surface area contributed by atoms with Crippen LogP contribution in [0.4, 0.5) is 0 Å². The molecule has 1 aromatic heterocycles. The second-order valence-electron chi connectivity index (χ2n) is 5.03. The summed E-state index contributed by atoms with van der Waals surface area (Å²) < 4.78 is 11.2. The number of hydrogen-bond acceptors (Lipinski definition) is 4. The first-order valence-electron chi connectivity index (χ1n) is 6.52. The number of hydrogen-bond donors (Lipinski definition) is 1. The van der Waals surface area contributed by atoms with E-state index >= 15 is 0 Å². The minimum Gasteiger partial charge on any atom is -0.496 e. The molecule has 0 saturated heterocycles. The summed E-state index contributed by atoms with van der Waals surface area (Å²) in [5, 5.41) is 0. The lowest BCUT2D eigenvalue weighted by atomic mass is 10.1. The molecule has 2 heterocycles. The molecule has 2 aromatic rings. The Labute approximate surface area is 116 Å². The van der Waals surface area contributed by atoms with E-state index in [1.165, 1.54) is 6.07 Å². The molecule has 1 aliphatic heterocycles. The molecule has 0 spiro atoms. The molecule has 1 N–H and O–H groups in total. The van der Waals surface area contributed by atoms with E-state index in [0.29, 0.717) is 17.3 Å². The van der Waals surface area contributed by atoms with Gasteiger partial charge < -0.3 is 14.5 Å². The van der Waals surface area contributed by atoms with E-state index in [4.69, 9.17) is 9.47 Å². The fourth-order valence-electron chi connectivity index (χ4n) is 2.50. The van der Waals surface area contributed by atoms with Crippen LogP contribution in [0, 0.1) is 6.92 Å². The van der Waals surface area contributed by atoms with Crippen molar-refractivity contribution >= 4 is 0 Å². The predicted molar refractivity (Wildman–Crippen MR) is 75.4 cm³/mol. The molecule has 0 amide bonds. The van der Waals surface area contributed by atoms with Gasteiger partial charge in [-0.3, -0.25) is 4.79 Å². The molecule has 104 valence electrons. The van der Waals surface area contributed by atoms with Crippen LogP contribution in [-0.4, -0.2) is 23.2 Å². The van der Waals surface area contributed by atoms with Crippen molar-refractivity contribution in [3.8, 4) is 22.9 Å². The number of aromatic amines is 1. The molecule has 1 atom stereocenters. The van der Waals surface area contributed by atoms with Crippen LogP contribution < -0.4 is 15.0 Å². The lowest BCUT2D eigenvalue weighted by molar-refractivity contribution is 0.254. The first-order valence-corrected chi connectivity index (χ1v) is 6.52. The van der Waals surface area contributed by atoms with E-state index in [0.717, 1.165) is 23.3 Å². The standard InChI is InChI=1S/C15H16N2O3/c1-8-4-14(18)17-15(16-8)11-7-12-10(5-9(2)20-12)6-13(11)19-3/h4,6-7,9H,5H2,1-3H3,(H,16,17,18). The molecule has 0 bridgehead atoms. The van der Waals surface area contributed by atoms with Gasteiger partial charge in [-0.1, -0.05) is 0 Å². The Balaban J connectivity index is 2.18. The number of H-pyrrole nitrogens is 1. The smallest absolute Gasteiger partial charge is 0.251 e. The SMILES string of the molecule is COc1cc2c(cc1-c1nc(C)cc(=O)[nH]1)OC(C)C2. The summed E-state index contributed by atoms with van der Waals surface area (Å²) in [6.07, 6.45) is 1.03. The highest BCUT2D eigenvalue weighted by Crippen LogP contribution is 2.38. The predicted octanol–water partition coefficient (Wildman–Crippen LogP) is 2.08. The topological polar surface area (TPSA) is 64.2 Å². The normalized spacial score (nSPS) is 16.6. The summed E-state index contributed by atoms with van der Waals surface area (Å²) in [4.78, 5) is 18.7. The van der Waals surface area contributed by atoms with E-state index in [-0.39, 0.29) is 11.7 Å². The van der Waals surface area contributed by atoms with E-state index in [1.54, 1.807) is 14.0 Å². The number of aromatic nitrogens is 2. The van der Waals surface area contributed by atoms with Gasteiger partial charge in [-0.25, -0.2) is 4.98 Å². The molecule has 0 fully saturated rings. The van der Waals surface area contributed by atoms with Crippen LogP contribution >= 0.6 is 0 Å². The average Bonchev–Trinajstić information content (AvgIpc) is 2.75. The highest BCUT2D eigenvalue weighted by molar-refractivity contribution is 5.68. The average molecular weight is 272 g/mol. The molecule has 0 saturated carbocycles. The number of fused-ring (bicyclic) bond motifs is 1. The molecular formula is C15H16N2O3. The third-order valence-electron chi connectivity index (χ3n) is 3.34. The minimum absolute atomic E-state index is 0.162. The van der Waals surface area contributed by atoms with Gasteiger partial charge in [-0.05, 0) is 26.0 Å². The molecular weight excluding hydrogens is 256 g/mol. The largest absolute Gasteiger partial charge is 0.496 e. The fourth-order valence-corrected chi connectivity index (χ4v) is 2.50. The third-order valence-corrected chi connectivity index (χ3v) is 3.34. The van der Waals surface area contributed by atoms with E-state index in [9.17, 15) is 4.79 Å². The summed E-state index contributed by atoms with van der Waals surface area (Å²) in [5.41, 5.74) is 2.35. The Hall–Kier alpha value is -2.30. The van der Waals surface area contributed by atoms with Crippen LogP contribution in [0.5, 0.6) is 11.5 Å². The van der Waals surface area contributed by atoms with Crippen molar-refractivity contribution in [2.24, 2.45) is 0 Å². The number of methoxy groups -OCH3 is 1. The molecule has 5 nitrogen and oxygen atoms in total. The van der Waals surface area contributed by atoms with Crippen molar-refractivity contribution in [3.63, 3.8) is 0 Å². The van der Waals surface area contributed by atoms with Crippen molar-refractivity contribution < 1.29 is 9.47 Å². The Morgan fingerprint density at radius 2 is 2.20 bits per heavy atom. The Kier molecular flexibility index (Phi) is 2.97. The van der Waals surface area contributed by atoms with Gasteiger partial charge in [0.25, 0.3) is 5.56 Å². The van der Waals surface area contributed by atoms with Crippen molar-refractivity contribution in [2.45, 2.75) is 26.4 Å². The zero-order valence-electron chi connectivity index (χ0n) is 11.7. The highest BCUT2D eigenvalue weighted by Gasteiger charge is 2.23. The number of benzene rings is 1. The van der Waals surface area contributed by atoms with Crippen LogP contribution in [0.15, 0.2) is 23.0 Å². The zero-order chi connectivity index (χ0) is 14.3. The van der Waals surface area contributed by atoms with Gasteiger partial charge >= 0.3 is 0 Å². The van der Waals surface area contributed by atoms with Gasteiger partial charge in [0.2, 0.25) is 0 Å². The lowest BCUT2D eigenvalue weighted by Crippen LogP contribution is -2.09. The zero-order valence-corrected chi connectivity index (χ0v) is 11.7. The number of ether oxygens (including phenoxy) is 2. The second kappa shape index (κ2) is 4.67. The van der Waals surface area contributed by atoms with Gasteiger partial charge in [0.1, 0.15) is 23.4 Å². The molecule has 1 aromatic carbocycles. The second-order valence-corrected chi connectivity index (χ2v) is 5.03. The number of nitrogens with one attached hydrogen (secondary N) is 1. The van der Waals surface area contributed by atoms with E-state index in [2.05, 4.69) is 9.97 Å². The minimum atomic E-state index is -0.177. The molecule has 0 radical (unpaired) electrons. The number of aryl methyl sites for hydroxylation is 1. The van der Waals surface area contributed by atoms with Crippen LogP contribution in [0.1, 0.15) is 18.2 Å². The van der Waals surface area contributed by atoms with Gasteiger partial charge in [-0.15, -0.1) is 0 Å². The summed E-state index contributed by atoms with van der Waals surface area (Å²) in [6.45, 7) is 3.82. The molecule has 3 rings (SSSR count). The maximum Gasteiger partial charge on any atom is 0.251 e. The summed E-state index contributed by atoms with van der Waals surface area (Å²) in [6, 6.07) is 5.30. The molecule has 1 aliphatic rings. The fraction of sp³-hybridized carbons (Fsp3) is 0.333. The molecule has 1 unspecified atom stereocenters. The Morgan fingerprint density at radius 3 is 2.90 bits per heavy atom. The Bertz CT molecular complexity index is 722. The van der Waals surface area contributed by atoms with Gasteiger partial charge in [0.15, 0.2) is 0 Å². The van der Waals surface area contributed by atoms with Crippen molar-refractivity contribution in [1.82, 2.24) is 9.97 Å². The summed E-state index contributed by atoms with van der Waals surface area (Å²) in [5.74, 6) is 2.02. The first kappa shape index (κ1) is 12.7. The molecule has 20 heavy (non-hydrogen) atoms. The molecule has 5 heteroatoms. The monoisotopic (exact) mass is 272 g/mol. The summed E-state index contributed by atoms with van der Waals surface area (Å²) >= 11 is 0. The van der Waals surface area contributed by atoms with Crippen LogP contribution in [0.3, 0.4) is 0 Å². The lowest BCUT2D eigenvalue weighted by Gasteiger charge is -2.10. The van der Waals surface area contributed by atoms with Crippen molar-refractivity contribution in [3.05, 3.63) is 39.8 Å². The maximum atomic E-state index is 11.6. The van der Waals surface area contributed by atoms with E-state index < -0.39 is 0 Å². The van der Waals surface area contributed by atoms with Crippen molar-refractivity contribution in [1.29, 1.82) is 0 Å². The van der Waals surface area contributed by atoms with E-state index in [1.807, 2.05) is 19.1 Å². The van der Waals surface area contributed by atoms with Gasteiger partial charge in [0.05, 0.1) is 12.7 Å². The highest BCUT2D eigenvalue weighted by atomic mass is 16.5. The number of nitrogens with zero attached hydrogens (tertiary/aromatic N) is 1. The maximum absolute atomic E-state index is 11.6. The number of rotatable bonds is 2. The Morgan fingerprint density at radius 1 is 1.40 bits per heavy atom. The van der Waals surface area contributed by atoms with Gasteiger partial charge in [0, 0.05) is 23.7 Å². The van der Waals surface area contributed by atoms with Crippen LogP contribution in [0.25, 0.3) is 11.4 Å². The quantitative estimate of drug-likeness (QED) is 0.909. The molecule has 0 aliphatic carbocycles. The van der Waals surface area contributed by atoms with Crippen LogP contribution in [-0.2, 0) is 6.42 Å². The summed E-state index contributed by atoms with van der Waals surface area (Å²) in [7, 11) is 1.61. The van der Waals surface area contributed by atoms with Crippen molar-refractivity contribution in [2.75, 3.05) is 7.11 Å².